The van der Waals surface area contributed by atoms with Crippen molar-refractivity contribution < 1.29 is 14.3 Å². The highest BCUT2D eigenvalue weighted by atomic mass is 19.1. The van der Waals surface area contributed by atoms with Crippen LogP contribution in [0, 0.1) is 5.82 Å². The molecule has 0 atom stereocenters. The first-order chi connectivity index (χ1) is 8.15. The Hall–Kier alpha value is -2.57. The molecule has 0 aliphatic rings. The maximum Gasteiger partial charge on any atom is 0.354 e. The van der Waals surface area contributed by atoms with E-state index in [1.54, 1.807) is 0 Å². The molecule has 0 saturated heterocycles. The molecule has 0 radical (unpaired) electrons. The molecule has 86 valence electrons. The van der Waals surface area contributed by atoms with Gasteiger partial charge in [0.05, 0.1) is 6.20 Å². The number of halogens is 1. The lowest BCUT2D eigenvalue weighted by Crippen LogP contribution is -2.03. The van der Waals surface area contributed by atoms with Crippen molar-refractivity contribution in [3.05, 3.63) is 42.2 Å². The van der Waals surface area contributed by atoms with Gasteiger partial charge in [0, 0.05) is 6.07 Å². The van der Waals surface area contributed by atoms with Crippen LogP contribution in [-0.2, 0) is 0 Å². The van der Waals surface area contributed by atoms with E-state index in [0.717, 1.165) is 12.5 Å². The number of hydrogen-bond acceptors (Lipinski definition) is 5. The van der Waals surface area contributed by atoms with E-state index < -0.39 is 11.8 Å². The second-order valence-electron chi connectivity index (χ2n) is 3.08. The molecule has 0 aliphatic carbocycles. The van der Waals surface area contributed by atoms with Crippen molar-refractivity contribution in [3.8, 4) is 0 Å². The molecule has 17 heavy (non-hydrogen) atoms. The van der Waals surface area contributed by atoms with Gasteiger partial charge in [-0.25, -0.2) is 24.1 Å². The quantitative estimate of drug-likeness (QED) is 0.835. The third-order valence-corrected chi connectivity index (χ3v) is 1.87. The zero-order valence-electron chi connectivity index (χ0n) is 8.46. The fraction of sp³-hybridized carbons (Fsp3) is 0. The normalized spacial score (nSPS) is 9.94. The van der Waals surface area contributed by atoms with Gasteiger partial charge in [0.2, 0.25) is 0 Å². The van der Waals surface area contributed by atoms with Crippen LogP contribution in [-0.4, -0.2) is 26.0 Å². The molecular formula is C10H7FN4O2. The number of rotatable bonds is 3. The fourth-order valence-electron chi connectivity index (χ4n) is 1.12. The van der Waals surface area contributed by atoms with Gasteiger partial charge in [0.25, 0.3) is 0 Å². The van der Waals surface area contributed by atoms with Crippen LogP contribution in [0.25, 0.3) is 0 Å². The number of hydrogen-bond donors (Lipinski definition) is 2. The summed E-state index contributed by atoms with van der Waals surface area (Å²) in [7, 11) is 0. The molecule has 2 heterocycles. The van der Waals surface area contributed by atoms with Crippen molar-refractivity contribution in [2.45, 2.75) is 0 Å². The summed E-state index contributed by atoms with van der Waals surface area (Å²) in [5.74, 6) is -0.968. The minimum atomic E-state index is -1.15. The molecule has 2 aromatic heterocycles. The summed E-state index contributed by atoms with van der Waals surface area (Å²) in [6, 6.07) is 3.90. The van der Waals surface area contributed by atoms with E-state index in [1.165, 1.54) is 18.2 Å². The smallest absolute Gasteiger partial charge is 0.354 e. The Balaban J connectivity index is 2.21. The number of aromatic nitrogens is 3. The van der Waals surface area contributed by atoms with E-state index in [9.17, 15) is 9.18 Å². The zero-order chi connectivity index (χ0) is 12.3. The topological polar surface area (TPSA) is 88.0 Å². The second-order valence-corrected chi connectivity index (χ2v) is 3.08. The molecule has 0 amide bonds. The van der Waals surface area contributed by atoms with Crippen LogP contribution in [0.1, 0.15) is 10.5 Å². The predicted octanol–water partition coefficient (Wildman–Crippen LogP) is 1.45. The predicted molar refractivity (Wildman–Crippen MR) is 56.5 cm³/mol. The molecule has 0 aromatic carbocycles. The number of aromatic carboxylic acids is 1. The third kappa shape index (κ3) is 2.71. The van der Waals surface area contributed by atoms with Gasteiger partial charge in [-0.15, -0.1) is 0 Å². The Morgan fingerprint density at radius 2 is 2.06 bits per heavy atom. The summed E-state index contributed by atoms with van der Waals surface area (Å²) in [4.78, 5) is 21.8. The highest BCUT2D eigenvalue weighted by molar-refractivity contribution is 5.86. The summed E-state index contributed by atoms with van der Waals surface area (Å²) in [6.07, 6.45) is 2.16. The van der Waals surface area contributed by atoms with Crippen LogP contribution in [0.5, 0.6) is 0 Å². The first-order valence-electron chi connectivity index (χ1n) is 4.59. The molecule has 2 rings (SSSR count). The minimum absolute atomic E-state index is 0.135. The lowest BCUT2D eigenvalue weighted by Gasteiger charge is -2.04. The number of nitrogens with one attached hydrogen (secondary N) is 1. The lowest BCUT2D eigenvalue weighted by molar-refractivity contribution is 0.0690. The minimum Gasteiger partial charge on any atom is -0.477 e. The third-order valence-electron chi connectivity index (χ3n) is 1.87. The van der Waals surface area contributed by atoms with Gasteiger partial charge in [-0.05, 0) is 12.1 Å². The molecule has 0 spiro atoms. The highest BCUT2D eigenvalue weighted by Gasteiger charge is 2.06. The molecule has 0 fully saturated rings. The molecular weight excluding hydrogens is 227 g/mol. The van der Waals surface area contributed by atoms with Crippen LogP contribution >= 0.6 is 0 Å². The van der Waals surface area contributed by atoms with Crippen LogP contribution in [0.2, 0.25) is 0 Å². The summed E-state index contributed by atoms with van der Waals surface area (Å²) in [5.41, 5.74) is -0.135. The van der Waals surface area contributed by atoms with Crippen LogP contribution in [0.4, 0.5) is 16.0 Å². The molecule has 6 nitrogen and oxygen atoms in total. The van der Waals surface area contributed by atoms with E-state index in [2.05, 4.69) is 20.3 Å². The lowest BCUT2D eigenvalue weighted by atomic mass is 10.4. The summed E-state index contributed by atoms with van der Waals surface area (Å²) >= 11 is 0. The number of carboxylic acids is 1. The number of anilines is 2. The van der Waals surface area contributed by atoms with Gasteiger partial charge in [-0.2, -0.15) is 0 Å². The van der Waals surface area contributed by atoms with Crippen LogP contribution in [0.15, 0.2) is 30.7 Å². The largest absolute Gasteiger partial charge is 0.477 e. The first kappa shape index (κ1) is 10.9. The molecule has 7 heteroatoms. The fourth-order valence-corrected chi connectivity index (χ4v) is 1.12. The van der Waals surface area contributed by atoms with Gasteiger partial charge >= 0.3 is 5.97 Å². The Bertz CT molecular complexity index is 544. The maximum atomic E-state index is 12.6. The maximum absolute atomic E-state index is 12.6. The van der Waals surface area contributed by atoms with Gasteiger partial charge in [-0.1, -0.05) is 0 Å². The Morgan fingerprint density at radius 1 is 1.24 bits per heavy atom. The SMILES string of the molecule is O=C(O)c1cc(Nc2ccc(F)cn2)ncn1. The van der Waals surface area contributed by atoms with Crippen molar-refractivity contribution in [1.29, 1.82) is 0 Å². The van der Waals surface area contributed by atoms with Crippen molar-refractivity contribution >= 4 is 17.6 Å². The Labute approximate surface area is 95.2 Å². The van der Waals surface area contributed by atoms with Crippen molar-refractivity contribution in [3.63, 3.8) is 0 Å². The summed E-state index contributed by atoms with van der Waals surface area (Å²) in [5, 5.41) is 11.5. The summed E-state index contributed by atoms with van der Waals surface area (Å²) in [6.45, 7) is 0. The van der Waals surface area contributed by atoms with E-state index in [-0.39, 0.29) is 11.5 Å². The zero-order valence-corrected chi connectivity index (χ0v) is 8.46. The van der Waals surface area contributed by atoms with Gasteiger partial charge in [0.1, 0.15) is 23.8 Å². The van der Waals surface area contributed by atoms with Crippen molar-refractivity contribution in [2.75, 3.05) is 5.32 Å². The number of carboxylic acid groups (broad SMARTS) is 1. The van der Waals surface area contributed by atoms with E-state index in [1.807, 2.05) is 0 Å². The molecule has 2 N–H and O–H groups in total. The Kier molecular flexibility index (Phi) is 2.91. The van der Waals surface area contributed by atoms with E-state index in [0.29, 0.717) is 5.82 Å². The standard InChI is InChI=1S/C10H7FN4O2/c11-6-1-2-8(12-4-6)15-9-3-7(10(16)17)13-5-14-9/h1-5H,(H,16,17)(H,12,13,14,15). The van der Waals surface area contributed by atoms with Crippen molar-refractivity contribution in [2.24, 2.45) is 0 Å². The summed E-state index contributed by atoms with van der Waals surface area (Å²) < 4.78 is 12.6. The molecule has 2 aromatic rings. The van der Waals surface area contributed by atoms with Crippen molar-refractivity contribution in [1.82, 2.24) is 15.0 Å². The number of pyridine rings is 1. The van der Waals surface area contributed by atoms with Gasteiger partial charge in [0.15, 0.2) is 5.69 Å². The van der Waals surface area contributed by atoms with Crippen LogP contribution < -0.4 is 5.32 Å². The van der Waals surface area contributed by atoms with Gasteiger partial charge in [-0.3, -0.25) is 0 Å². The van der Waals surface area contributed by atoms with E-state index >= 15 is 0 Å². The average molecular weight is 234 g/mol. The molecule has 0 bridgehead atoms. The first-order valence-corrected chi connectivity index (χ1v) is 4.59. The number of carbonyl (C=O) groups is 1. The molecule has 0 saturated carbocycles. The molecule has 0 unspecified atom stereocenters. The number of nitrogens with zero attached hydrogens (tertiary/aromatic N) is 3. The monoisotopic (exact) mass is 234 g/mol. The van der Waals surface area contributed by atoms with E-state index in [4.69, 9.17) is 5.11 Å². The Morgan fingerprint density at radius 3 is 2.71 bits per heavy atom. The second kappa shape index (κ2) is 4.52. The molecule has 0 aliphatic heterocycles. The van der Waals surface area contributed by atoms with Gasteiger partial charge < -0.3 is 10.4 Å². The average Bonchev–Trinajstić information content (AvgIpc) is 2.32. The highest BCUT2D eigenvalue weighted by Crippen LogP contribution is 2.12. The van der Waals surface area contributed by atoms with Crippen LogP contribution in [0.3, 0.4) is 0 Å².